The third-order valence-corrected chi connectivity index (χ3v) is 3.17. The minimum Gasteiger partial charge on any atom is -0.381 e. The Hall–Kier alpha value is -1.14. The number of piperidine rings is 1. The van der Waals surface area contributed by atoms with Crippen LogP contribution in [0.5, 0.6) is 0 Å². The molecule has 0 aromatic carbocycles. The van der Waals surface area contributed by atoms with Crippen LogP contribution in [0, 0.1) is 0 Å². The van der Waals surface area contributed by atoms with E-state index in [1.54, 1.807) is 0 Å². The number of nitrogens with one attached hydrogen (secondary N) is 1. The minimum absolute atomic E-state index is 0.335. The number of anilines is 1. The van der Waals surface area contributed by atoms with Gasteiger partial charge in [0.05, 0.1) is 6.61 Å². The summed E-state index contributed by atoms with van der Waals surface area (Å²) in [5, 5.41) is 7.23. The second-order valence-corrected chi connectivity index (χ2v) is 4.77. The highest BCUT2D eigenvalue weighted by Gasteiger charge is 2.19. The van der Waals surface area contributed by atoms with Crippen molar-refractivity contribution in [1.29, 1.82) is 0 Å². The highest BCUT2D eigenvalue weighted by molar-refractivity contribution is 5.29. The van der Waals surface area contributed by atoms with E-state index in [2.05, 4.69) is 27.0 Å². The Morgan fingerprint density at radius 3 is 2.89 bits per heavy atom. The van der Waals surface area contributed by atoms with Crippen molar-refractivity contribution in [3.63, 3.8) is 0 Å². The van der Waals surface area contributed by atoms with Crippen LogP contribution in [0.3, 0.4) is 0 Å². The number of nitrogens with zero attached hydrogens (tertiary/aromatic N) is 3. The predicted octanol–water partition coefficient (Wildman–Crippen LogP) is 0.701. The summed E-state index contributed by atoms with van der Waals surface area (Å²) in [7, 11) is 0. The first-order chi connectivity index (χ1) is 8.79. The zero-order chi connectivity index (χ0) is 12.8. The number of nitrogens with two attached hydrogens (primary N) is 1. The van der Waals surface area contributed by atoms with E-state index in [1.165, 1.54) is 0 Å². The van der Waals surface area contributed by atoms with E-state index in [9.17, 15) is 0 Å². The monoisotopic (exact) mass is 253 g/mol. The van der Waals surface area contributed by atoms with Gasteiger partial charge in [0.1, 0.15) is 5.82 Å². The molecule has 102 valence electrons. The zero-order valence-electron chi connectivity index (χ0n) is 11.1. The maximum atomic E-state index is 5.88. The van der Waals surface area contributed by atoms with E-state index in [0.717, 1.165) is 57.2 Å². The Morgan fingerprint density at radius 1 is 1.39 bits per heavy atom. The van der Waals surface area contributed by atoms with Crippen LogP contribution < -0.4 is 10.6 Å². The van der Waals surface area contributed by atoms with Gasteiger partial charge in [0.15, 0.2) is 0 Å². The van der Waals surface area contributed by atoms with E-state index < -0.39 is 0 Å². The van der Waals surface area contributed by atoms with Gasteiger partial charge in [0.25, 0.3) is 0 Å². The SMILES string of the molecule is CCCOCCc1nc(N2CCC(N)CC2)n[nH]1. The van der Waals surface area contributed by atoms with Gasteiger partial charge < -0.3 is 15.4 Å². The summed E-state index contributed by atoms with van der Waals surface area (Å²) >= 11 is 0. The fraction of sp³-hybridized carbons (Fsp3) is 0.833. The molecule has 6 heteroatoms. The molecule has 1 fully saturated rings. The molecule has 0 radical (unpaired) electrons. The summed E-state index contributed by atoms with van der Waals surface area (Å²) < 4.78 is 5.44. The number of rotatable bonds is 6. The largest absolute Gasteiger partial charge is 0.381 e. The van der Waals surface area contributed by atoms with Crippen molar-refractivity contribution in [2.24, 2.45) is 5.73 Å². The number of aromatic amines is 1. The molecule has 0 aliphatic carbocycles. The van der Waals surface area contributed by atoms with Gasteiger partial charge in [-0.05, 0) is 19.3 Å². The highest BCUT2D eigenvalue weighted by Crippen LogP contribution is 2.14. The molecule has 1 aromatic rings. The first-order valence-electron chi connectivity index (χ1n) is 6.79. The van der Waals surface area contributed by atoms with E-state index in [-0.39, 0.29) is 0 Å². The molecule has 2 rings (SSSR count). The van der Waals surface area contributed by atoms with Crippen molar-refractivity contribution in [2.45, 2.75) is 38.6 Å². The van der Waals surface area contributed by atoms with Crippen LogP contribution in [-0.4, -0.2) is 47.5 Å². The summed E-state index contributed by atoms with van der Waals surface area (Å²) in [5.74, 6) is 1.70. The van der Waals surface area contributed by atoms with E-state index in [1.807, 2.05) is 0 Å². The number of hydrogen-bond acceptors (Lipinski definition) is 5. The maximum Gasteiger partial charge on any atom is 0.244 e. The van der Waals surface area contributed by atoms with Gasteiger partial charge in [-0.2, -0.15) is 4.98 Å². The van der Waals surface area contributed by atoms with Crippen molar-refractivity contribution in [1.82, 2.24) is 15.2 Å². The fourth-order valence-electron chi connectivity index (χ4n) is 2.05. The van der Waals surface area contributed by atoms with Crippen molar-refractivity contribution < 1.29 is 4.74 Å². The summed E-state index contributed by atoms with van der Waals surface area (Å²) in [4.78, 5) is 6.69. The third kappa shape index (κ3) is 3.68. The molecule has 0 amide bonds. The second kappa shape index (κ2) is 6.70. The third-order valence-electron chi connectivity index (χ3n) is 3.17. The van der Waals surface area contributed by atoms with E-state index >= 15 is 0 Å². The Labute approximate surface area is 108 Å². The normalized spacial score (nSPS) is 17.3. The van der Waals surface area contributed by atoms with Gasteiger partial charge in [-0.25, -0.2) is 0 Å². The molecule has 0 saturated carbocycles. The number of ether oxygens (including phenoxy) is 1. The molecule has 0 spiro atoms. The molecular formula is C12H23N5O. The molecular weight excluding hydrogens is 230 g/mol. The van der Waals surface area contributed by atoms with Crippen LogP contribution in [0.25, 0.3) is 0 Å². The lowest BCUT2D eigenvalue weighted by atomic mass is 10.1. The molecule has 1 saturated heterocycles. The zero-order valence-corrected chi connectivity index (χ0v) is 11.1. The molecule has 1 aliphatic rings. The van der Waals surface area contributed by atoms with Gasteiger partial charge in [-0.3, -0.25) is 5.10 Å². The molecule has 1 aliphatic heterocycles. The van der Waals surface area contributed by atoms with Gasteiger partial charge in [0.2, 0.25) is 5.95 Å². The molecule has 0 unspecified atom stereocenters. The quantitative estimate of drug-likeness (QED) is 0.730. The van der Waals surface area contributed by atoms with Crippen molar-refractivity contribution in [3.05, 3.63) is 5.82 Å². The van der Waals surface area contributed by atoms with E-state index in [4.69, 9.17) is 10.5 Å². The molecule has 6 nitrogen and oxygen atoms in total. The lowest BCUT2D eigenvalue weighted by molar-refractivity contribution is 0.136. The van der Waals surface area contributed by atoms with Gasteiger partial charge in [0, 0.05) is 32.2 Å². The Bertz CT molecular complexity index is 346. The molecule has 0 bridgehead atoms. The van der Waals surface area contributed by atoms with Crippen molar-refractivity contribution in [3.8, 4) is 0 Å². The predicted molar refractivity (Wildman–Crippen MR) is 70.6 cm³/mol. The van der Waals surface area contributed by atoms with Crippen LogP contribution in [-0.2, 0) is 11.2 Å². The summed E-state index contributed by atoms with van der Waals surface area (Å²) in [6.07, 6.45) is 3.88. The Balaban J connectivity index is 1.78. The summed E-state index contributed by atoms with van der Waals surface area (Å²) in [6, 6.07) is 0.335. The lowest BCUT2D eigenvalue weighted by Crippen LogP contribution is -2.40. The van der Waals surface area contributed by atoms with Crippen LogP contribution in [0.15, 0.2) is 0 Å². The minimum atomic E-state index is 0.335. The smallest absolute Gasteiger partial charge is 0.244 e. The maximum absolute atomic E-state index is 5.88. The molecule has 1 aromatic heterocycles. The molecule has 3 N–H and O–H groups in total. The van der Waals surface area contributed by atoms with Crippen molar-refractivity contribution in [2.75, 3.05) is 31.2 Å². The average molecular weight is 253 g/mol. The molecule has 0 atom stereocenters. The average Bonchev–Trinajstić information content (AvgIpc) is 2.84. The fourth-order valence-corrected chi connectivity index (χ4v) is 2.05. The Kier molecular flexibility index (Phi) is 4.95. The van der Waals surface area contributed by atoms with Crippen LogP contribution in [0.2, 0.25) is 0 Å². The van der Waals surface area contributed by atoms with Crippen LogP contribution in [0.4, 0.5) is 5.95 Å². The standard InChI is InChI=1S/C12H23N5O/c1-2-8-18-9-5-11-14-12(16-15-11)17-6-3-10(13)4-7-17/h10H,2-9,13H2,1H3,(H,14,15,16). The van der Waals surface area contributed by atoms with Crippen molar-refractivity contribution >= 4 is 5.95 Å². The second-order valence-electron chi connectivity index (χ2n) is 4.77. The highest BCUT2D eigenvalue weighted by atomic mass is 16.5. The first-order valence-corrected chi connectivity index (χ1v) is 6.79. The van der Waals surface area contributed by atoms with Gasteiger partial charge in [-0.15, -0.1) is 5.10 Å². The van der Waals surface area contributed by atoms with Gasteiger partial charge in [-0.1, -0.05) is 6.92 Å². The Morgan fingerprint density at radius 2 is 2.17 bits per heavy atom. The molecule has 18 heavy (non-hydrogen) atoms. The first kappa shape index (κ1) is 13.3. The summed E-state index contributed by atoms with van der Waals surface area (Å²) in [5.41, 5.74) is 5.88. The molecule has 2 heterocycles. The van der Waals surface area contributed by atoms with Crippen LogP contribution >= 0.6 is 0 Å². The van der Waals surface area contributed by atoms with Crippen LogP contribution in [0.1, 0.15) is 32.0 Å². The lowest BCUT2D eigenvalue weighted by Gasteiger charge is -2.28. The number of aromatic nitrogens is 3. The van der Waals surface area contributed by atoms with E-state index in [0.29, 0.717) is 12.6 Å². The van der Waals surface area contributed by atoms with Gasteiger partial charge >= 0.3 is 0 Å². The topological polar surface area (TPSA) is 80.1 Å². The summed E-state index contributed by atoms with van der Waals surface area (Å²) in [6.45, 7) is 5.52. The number of H-pyrrole nitrogens is 1. The number of hydrogen-bond donors (Lipinski definition) is 2.